The van der Waals surface area contributed by atoms with Crippen molar-refractivity contribution in [1.82, 2.24) is 30.3 Å². The summed E-state index contributed by atoms with van der Waals surface area (Å²) in [6.07, 6.45) is 3.25. The minimum absolute atomic E-state index is 0.00401. The van der Waals surface area contributed by atoms with Gasteiger partial charge in [-0.15, -0.1) is 0 Å². The van der Waals surface area contributed by atoms with Crippen LogP contribution in [0, 0.1) is 5.82 Å². The van der Waals surface area contributed by atoms with Crippen LogP contribution in [0.5, 0.6) is 5.75 Å². The number of aromatic nitrogens is 5. The van der Waals surface area contributed by atoms with Crippen LogP contribution in [0.4, 0.5) is 4.39 Å². The van der Waals surface area contributed by atoms with Crippen LogP contribution in [0.2, 0.25) is 0 Å². The van der Waals surface area contributed by atoms with Gasteiger partial charge in [0, 0.05) is 31.5 Å². The molecule has 9 heteroatoms. The molecule has 29 heavy (non-hydrogen) atoms. The molecule has 0 spiro atoms. The Morgan fingerprint density at radius 2 is 2.24 bits per heavy atom. The van der Waals surface area contributed by atoms with E-state index in [0.29, 0.717) is 31.8 Å². The third kappa shape index (κ3) is 3.85. The number of rotatable bonds is 6. The molecule has 2 aromatic heterocycles. The van der Waals surface area contributed by atoms with Gasteiger partial charge >= 0.3 is 0 Å². The van der Waals surface area contributed by atoms with Gasteiger partial charge in [0.05, 0.1) is 24.9 Å². The van der Waals surface area contributed by atoms with Crippen molar-refractivity contribution in [2.75, 3.05) is 13.7 Å². The molecule has 3 aromatic rings. The van der Waals surface area contributed by atoms with Crippen LogP contribution in [-0.2, 0) is 24.2 Å². The molecule has 0 bridgehead atoms. The summed E-state index contributed by atoms with van der Waals surface area (Å²) in [5, 5.41) is 14.4. The van der Waals surface area contributed by atoms with Gasteiger partial charge in [0.1, 0.15) is 5.82 Å². The molecule has 1 amide bonds. The summed E-state index contributed by atoms with van der Waals surface area (Å²) in [5.74, 6) is 1.09. The van der Waals surface area contributed by atoms with E-state index in [4.69, 9.17) is 4.74 Å². The number of fused-ring (bicyclic) bond motifs is 1. The predicted molar refractivity (Wildman–Crippen MR) is 103 cm³/mol. The number of carbonyl (C=O) groups is 1. The maximum Gasteiger partial charge on any atom is 0.223 e. The second-order valence-corrected chi connectivity index (χ2v) is 7.10. The van der Waals surface area contributed by atoms with Crippen molar-refractivity contribution in [1.29, 1.82) is 0 Å². The SMILES string of the molecule is CCc1nc(C2CN(C(=O)CCc3ccc(OC)c(F)c3)Cc3cn[nH]c32)n[nH]1. The van der Waals surface area contributed by atoms with E-state index in [1.54, 1.807) is 23.2 Å². The summed E-state index contributed by atoms with van der Waals surface area (Å²) < 4.78 is 18.8. The molecule has 0 saturated heterocycles. The van der Waals surface area contributed by atoms with Crippen molar-refractivity contribution in [3.63, 3.8) is 0 Å². The predicted octanol–water partition coefficient (Wildman–Crippen LogP) is 2.34. The van der Waals surface area contributed by atoms with Crippen LogP contribution in [0.1, 0.15) is 47.7 Å². The number of aryl methyl sites for hydroxylation is 2. The van der Waals surface area contributed by atoms with E-state index in [9.17, 15) is 9.18 Å². The number of nitrogens with one attached hydrogen (secondary N) is 2. The summed E-state index contributed by atoms with van der Waals surface area (Å²) in [6, 6.07) is 4.78. The normalized spacial score (nSPS) is 16.0. The van der Waals surface area contributed by atoms with Gasteiger partial charge in [-0.25, -0.2) is 9.37 Å². The first-order valence-corrected chi connectivity index (χ1v) is 9.62. The Kier molecular flexibility index (Phi) is 5.28. The molecule has 2 N–H and O–H groups in total. The summed E-state index contributed by atoms with van der Waals surface area (Å²) in [4.78, 5) is 19.2. The fourth-order valence-corrected chi connectivity index (χ4v) is 3.63. The molecular formula is C20H23FN6O2. The zero-order valence-corrected chi connectivity index (χ0v) is 16.4. The van der Waals surface area contributed by atoms with Crippen molar-refractivity contribution >= 4 is 5.91 Å². The van der Waals surface area contributed by atoms with E-state index in [-0.39, 0.29) is 17.6 Å². The number of carbonyl (C=O) groups excluding carboxylic acids is 1. The molecule has 1 atom stereocenters. The molecule has 3 heterocycles. The Labute approximate surface area is 167 Å². The molecule has 8 nitrogen and oxygen atoms in total. The lowest BCUT2D eigenvalue weighted by Gasteiger charge is -2.31. The highest BCUT2D eigenvalue weighted by atomic mass is 19.1. The first-order valence-electron chi connectivity index (χ1n) is 9.62. The van der Waals surface area contributed by atoms with E-state index in [1.165, 1.54) is 13.2 Å². The van der Waals surface area contributed by atoms with Crippen molar-refractivity contribution in [2.45, 2.75) is 38.6 Å². The number of amides is 1. The van der Waals surface area contributed by atoms with Gasteiger partial charge in [0.25, 0.3) is 0 Å². The minimum Gasteiger partial charge on any atom is -0.494 e. The van der Waals surface area contributed by atoms with E-state index < -0.39 is 5.82 Å². The zero-order valence-electron chi connectivity index (χ0n) is 16.4. The molecule has 1 aromatic carbocycles. The number of H-pyrrole nitrogens is 2. The van der Waals surface area contributed by atoms with Gasteiger partial charge in [-0.05, 0) is 24.1 Å². The number of methoxy groups -OCH3 is 1. The Bertz CT molecular complexity index is 1010. The lowest BCUT2D eigenvalue weighted by molar-refractivity contribution is -0.132. The van der Waals surface area contributed by atoms with Crippen LogP contribution in [0.15, 0.2) is 24.4 Å². The zero-order chi connectivity index (χ0) is 20.4. The van der Waals surface area contributed by atoms with E-state index in [0.717, 1.165) is 29.1 Å². The van der Waals surface area contributed by atoms with E-state index in [2.05, 4.69) is 25.4 Å². The summed E-state index contributed by atoms with van der Waals surface area (Å²) >= 11 is 0. The number of benzene rings is 1. The molecule has 0 radical (unpaired) electrons. The number of hydrogen-bond acceptors (Lipinski definition) is 5. The molecular weight excluding hydrogens is 375 g/mol. The summed E-state index contributed by atoms with van der Waals surface area (Å²) in [6.45, 7) is 2.97. The number of nitrogens with zero attached hydrogens (tertiary/aromatic N) is 4. The fraction of sp³-hybridized carbons (Fsp3) is 0.400. The lowest BCUT2D eigenvalue weighted by atomic mass is 9.95. The van der Waals surface area contributed by atoms with Crippen LogP contribution in [0.25, 0.3) is 0 Å². The highest BCUT2D eigenvalue weighted by Gasteiger charge is 2.33. The summed E-state index contributed by atoms with van der Waals surface area (Å²) in [5.41, 5.74) is 2.68. The van der Waals surface area contributed by atoms with E-state index in [1.807, 2.05) is 6.92 Å². The van der Waals surface area contributed by atoms with Gasteiger partial charge in [-0.1, -0.05) is 13.0 Å². The van der Waals surface area contributed by atoms with Crippen molar-refractivity contribution < 1.29 is 13.9 Å². The highest BCUT2D eigenvalue weighted by molar-refractivity contribution is 5.77. The standard InChI is InChI=1S/C20H23FN6O2/c1-3-17-23-20(26-24-17)14-11-27(10-13-9-22-25-19(13)14)18(28)7-5-12-4-6-16(29-2)15(21)8-12/h4,6,8-9,14H,3,5,7,10-11H2,1-2H3,(H,22,25)(H,23,24,26). The van der Waals surface area contributed by atoms with Crippen LogP contribution in [-0.4, -0.2) is 49.8 Å². The molecule has 4 rings (SSSR count). The Balaban J connectivity index is 1.47. The smallest absolute Gasteiger partial charge is 0.223 e. The van der Waals surface area contributed by atoms with Gasteiger partial charge in [0.15, 0.2) is 17.4 Å². The molecule has 1 unspecified atom stereocenters. The molecule has 1 aliphatic rings. The minimum atomic E-state index is -0.421. The average Bonchev–Trinajstić information content (AvgIpc) is 3.40. The second-order valence-electron chi connectivity index (χ2n) is 7.10. The van der Waals surface area contributed by atoms with Crippen molar-refractivity contribution in [3.8, 4) is 5.75 Å². The van der Waals surface area contributed by atoms with Crippen molar-refractivity contribution in [2.24, 2.45) is 0 Å². The second kappa shape index (κ2) is 8.02. The highest BCUT2D eigenvalue weighted by Crippen LogP contribution is 2.30. The molecule has 152 valence electrons. The van der Waals surface area contributed by atoms with Gasteiger partial charge in [0.2, 0.25) is 5.91 Å². The number of aromatic amines is 2. The third-order valence-corrected chi connectivity index (χ3v) is 5.26. The largest absolute Gasteiger partial charge is 0.494 e. The Morgan fingerprint density at radius 1 is 1.38 bits per heavy atom. The average molecular weight is 398 g/mol. The first kappa shape index (κ1) is 19.1. The quantitative estimate of drug-likeness (QED) is 0.664. The molecule has 1 aliphatic heterocycles. The van der Waals surface area contributed by atoms with Gasteiger partial charge < -0.3 is 9.64 Å². The maximum atomic E-state index is 13.9. The number of ether oxygens (including phenoxy) is 1. The maximum absolute atomic E-state index is 13.9. The molecule has 0 aliphatic carbocycles. The van der Waals surface area contributed by atoms with Gasteiger partial charge in [-0.3, -0.25) is 15.0 Å². The monoisotopic (exact) mass is 398 g/mol. The van der Waals surface area contributed by atoms with Crippen LogP contribution < -0.4 is 4.74 Å². The first-order chi connectivity index (χ1) is 14.1. The molecule has 0 saturated carbocycles. The fourth-order valence-electron chi connectivity index (χ4n) is 3.63. The van der Waals surface area contributed by atoms with Crippen LogP contribution in [0.3, 0.4) is 0 Å². The van der Waals surface area contributed by atoms with Crippen LogP contribution >= 0.6 is 0 Å². The third-order valence-electron chi connectivity index (χ3n) is 5.26. The Hall–Kier alpha value is -3.23. The molecule has 0 fully saturated rings. The summed E-state index contributed by atoms with van der Waals surface area (Å²) in [7, 11) is 1.43. The number of hydrogen-bond donors (Lipinski definition) is 2. The van der Waals surface area contributed by atoms with E-state index >= 15 is 0 Å². The topological polar surface area (TPSA) is 99.8 Å². The van der Waals surface area contributed by atoms with Gasteiger partial charge in [-0.2, -0.15) is 10.2 Å². The van der Waals surface area contributed by atoms with Crippen molar-refractivity contribution in [3.05, 3.63) is 58.7 Å². The lowest BCUT2D eigenvalue weighted by Crippen LogP contribution is -2.38. The Morgan fingerprint density at radius 3 is 2.97 bits per heavy atom. The number of halogens is 1.